The zero-order chi connectivity index (χ0) is 15.3. The molecular formula is C13H20F3NO3. The fourth-order valence-corrected chi connectivity index (χ4v) is 2.71. The second-order valence-electron chi connectivity index (χ2n) is 5.10. The fraction of sp³-hybridized carbons (Fsp3) is 0.846. The standard InChI is InChI=1S/C13H20F3NO3/c1-2-17(8-7-11(18)19)12(20)9-5-3-4-6-10(9)13(14,15)16/h9-10H,2-8H2,1H3,(H,18,19). The van der Waals surface area contributed by atoms with Crippen molar-refractivity contribution in [3.05, 3.63) is 0 Å². The van der Waals surface area contributed by atoms with Gasteiger partial charge in [-0.05, 0) is 19.8 Å². The third-order valence-electron chi connectivity index (χ3n) is 3.79. The summed E-state index contributed by atoms with van der Waals surface area (Å²) in [4.78, 5) is 24.0. The molecule has 0 radical (unpaired) electrons. The molecule has 1 fully saturated rings. The van der Waals surface area contributed by atoms with E-state index in [2.05, 4.69) is 0 Å². The molecule has 1 saturated carbocycles. The molecule has 1 amide bonds. The van der Waals surface area contributed by atoms with Crippen LogP contribution < -0.4 is 0 Å². The first kappa shape index (κ1) is 16.8. The molecule has 7 heteroatoms. The van der Waals surface area contributed by atoms with Crippen LogP contribution in [0.3, 0.4) is 0 Å². The molecule has 0 aliphatic heterocycles. The van der Waals surface area contributed by atoms with E-state index in [0.717, 1.165) is 0 Å². The number of rotatable bonds is 5. The molecule has 2 atom stereocenters. The van der Waals surface area contributed by atoms with E-state index in [4.69, 9.17) is 5.11 Å². The van der Waals surface area contributed by atoms with E-state index >= 15 is 0 Å². The summed E-state index contributed by atoms with van der Waals surface area (Å²) in [6, 6.07) is 0. The minimum absolute atomic E-state index is 0.0175. The number of carbonyl (C=O) groups excluding carboxylic acids is 1. The molecule has 2 unspecified atom stereocenters. The summed E-state index contributed by atoms with van der Waals surface area (Å²) in [5, 5.41) is 8.61. The van der Waals surface area contributed by atoms with Gasteiger partial charge >= 0.3 is 12.1 Å². The second kappa shape index (κ2) is 6.95. The van der Waals surface area contributed by atoms with Crippen LogP contribution in [-0.2, 0) is 9.59 Å². The van der Waals surface area contributed by atoms with Gasteiger partial charge in [-0.2, -0.15) is 13.2 Å². The maximum absolute atomic E-state index is 13.0. The number of carboxylic acids is 1. The van der Waals surface area contributed by atoms with Gasteiger partial charge in [-0.15, -0.1) is 0 Å². The first-order chi connectivity index (χ1) is 9.27. The molecule has 1 aliphatic rings. The Labute approximate surface area is 115 Å². The lowest BCUT2D eigenvalue weighted by atomic mass is 9.78. The SMILES string of the molecule is CCN(CCC(=O)O)C(=O)C1CCCCC1C(F)(F)F. The van der Waals surface area contributed by atoms with Crippen LogP contribution in [0.5, 0.6) is 0 Å². The van der Waals surface area contributed by atoms with Crippen molar-refractivity contribution < 1.29 is 27.9 Å². The van der Waals surface area contributed by atoms with E-state index < -0.39 is 29.9 Å². The number of carbonyl (C=O) groups is 2. The number of hydrogen-bond donors (Lipinski definition) is 1. The Morgan fingerprint density at radius 3 is 2.35 bits per heavy atom. The highest BCUT2D eigenvalue weighted by molar-refractivity contribution is 5.80. The lowest BCUT2D eigenvalue weighted by molar-refractivity contribution is -0.201. The number of nitrogens with zero attached hydrogens (tertiary/aromatic N) is 1. The summed E-state index contributed by atoms with van der Waals surface area (Å²) >= 11 is 0. The second-order valence-corrected chi connectivity index (χ2v) is 5.10. The number of halogens is 3. The Morgan fingerprint density at radius 2 is 1.85 bits per heavy atom. The van der Waals surface area contributed by atoms with E-state index in [-0.39, 0.29) is 32.4 Å². The molecule has 0 aromatic carbocycles. The highest BCUT2D eigenvalue weighted by Crippen LogP contribution is 2.42. The van der Waals surface area contributed by atoms with Gasteiger partial charge in [0.05, 0.1) is 12.3 Å². The third-order valence-corrected chi connectivity index (χ3v) is 3.79. The molecule has 0 bridgehead atoms. The number of carboxylic acid groups (broad SMARTS) is 1. The van der Waals surface area contributed by atoms with Crippen LogP contribution in [0.1, 0.15) is 39.0 Å². The van der Waals surface area contributed by atoms with Crippen LogP contribution in [0.25, 0.3) is 0 Å². The summed E-state index contributed by atoms with van der Waals surface area (Å²) in [6.07, 6.45) is -3.31. The molecule has 0 aromatic rings. The first-order valence-electron chi connectivity index (χ1n) is 6.84. The Balaban J connectivity index is 2.77. The predicted octanol–water partition coefficient (Wildman–Crippen LogP) is 2.68. The minimum atomic E-state index is -4.37. The lowest BCUT2D eigenvalue weighted by Crippen LogP contribution is -2.45. The summed E-state index contributed by atoms with van der Waals surface area (Å²) < 4.78 is 38.9. The van der Waals surface area contributed by atoms with Gasteiger partial charge in [0.25, 0.3) is 0 Å². The van der Waals surface area contributed by atoms with Crippen LogP contribution in [0.4, 0.5) is 13.2 Å². The van der Waals surface area contributed by atoms with Crippen molar-refractivity contribution in [2.24, 2.45) is 11.8 Å². The number of hydrogen-bond acceptors (Lipinski definition) is 2. The Bertz CT molecular complexity index is 357. The smallest absolute Gasteiger partial charge is 0.392 e. The van der Waals surface area contributed by atoms with Gasteiger partial charge in [0.1, 0.15) is 0 Å². The molecule has 4 nitrogen and oxygen atoms in total. The van der Waals surface area contributed by atoms with Crippen molar-refractivity contribution in [2.45, 2.75) is 45.2 Å². The molecule has 1 rings (SSSR count). The Kier molecular flexibility index (Phi) is 5.83. The highest BCUT2D eigenvalue weighted by Gasteiger charge is 2.48. The molecule has 0 aromatic heterocycles. The molecular weight excluding hydrogens is 275 g/mol. The average Bonchev–Trinajstić information content (AvgIpc) is 2.38. The summed E-state index contributed by atoms with van der Waals surface area (Å²) in [7, 11) is 0. The van der Waals surface area contributed by atoms with Gasteiger partial charge in [0, 0.05) is 19.0 Å². The van der Waals surface area contributed by atoms with Crippen LogP contribution in [0.15, 0.2) is 0 Å². The van der Waals surface area contributed by atoms with Crippen molar-refractivity contribution in [2.75, 3.05) is 13.1 Å². The van der Waals surface area contributed by atoms with E-state index in [1.165, 1.54) is 4.90 Å². The van der Waals surface area contributed by atoms with Crippen LogP contribution in [0, 0.1) is 11.8 Å². The molecule has 1 N–H and O–H groups in total. The topological polar surface area (TPSA) is 57.6 Å². The predicted molar refractivity (Wildman–Crippen MR) is 66.0 cm³/mol. The van der Waals surface area contributed by atoms with E-state index in [0.29, 0.717) is 12.8 Å². The molecule has 0 heterocycles. The molecule has 116 valence electrons. The quantitative estimate of drug-likeness (QED) is 0.848. The van der Waals surface area contributed by atoms with Crippen LogP contribution in [-0.4, -0.2) is 41.1 Å². The van der Waals surface area contributed by atoms with Gasteiger partial charge in [0.2, 0.25) is 5.91 Å². The maximum Gasteiger partial charge on any atom is 0.392 e. The lowest BCUT2D eigenvalue weighted by Gasteiger charge is -2.35. The third kappa shape index (κ3) is 4.38. The largest absolute Gasteiger partial charge is 0.481 e. The van der Waals surface area contributed by atoms with E-state index in [9.17, 15) is 22.8 Å². The zero-order valence-electron chi connectivity index (χ0n) is 11.4. The Hall–Kier alpha value is -1.27. The van der Waals surface area contributed by atoms with Gasteiger partial charge in [0.15, 0.2) is 0 Å². The summed E-state index contributed by atoms with van der Waals surface area (Å²) in [6.45, 7) is 1.84. The van der Waals surface area contributed by atoms with Gasteiger partial charge in [-0.25, -0.2) is 0 Å². The first-order valence-corrected chi connectivity index (χ1v) is 6.84. The van der Waals surface area contributed by atoms with Crippen molar-refractivity contribution >= 4 is 11.9 Å². The van der Waals surface area contributed by atoms with Gasteiger partial charge in [-0.3, -0.25) is 9.59 Å². The van der Waals surface area contributed by atoms with Gasteiger partial charge in [-0.1, -0.05) is 12.8 Å². The Morgan fingerprint density at radius 1 is 1.25 bits per heavy atom. The van der Waals surface area contributed by atoms with Crippen LogP contribution in [0.2, 0.25) is 0 Å². The normalized spacial score (nSPS) is 23.4. The van der Waals surface area contributed by atoms with Crippen molar-refractivity contribution in [1.29, 1.82) is 0 Å². The fourth-order valence-electron chi connectivity index (χ4n) is 2.71. The van der Waals surface area contributed by atoms with E-state index in [1.807, 2.05) is 0 Å². The van der Waals surface area contributed by atoms with E-state index in [1.54, 1.807) is 6.92 Å². The van der Waals surface area contributed by atoms with Gasteiger partial charge < -0.3 is 10.0 Å². The van der Waals surface area contributed by atoms with Crippen LogP contribution >= 0.6 is 0 Å². The van der Waals surface area contributed by atoms with Crippen molar-refractivity contribution in [3.8, 4) is 0 Å². The number of amides is 1. The number of alkyl halides is 3. The maximum atomic E-state index is 13.0. The number of aliphatic carboxylic acids is 1. The molecule has 1 aliphatic carbocycles. The minimum Gasteiger partial charge on any atom is -0.481 e. The van der Waals surface area contributed by atoms with Crippen molar-refractivity contribution in [1.82, 2.24) is 4.90 Å². The highest BCUT2D eigenvalue weighted by atomic mass is 19.4. The molecule has 20 heavy (non-hydrogen) atoms. The monoisotopic (exact) mass is 295 g/mol. The van der Waals surface area contributed by atoms with Crippen molar-refractivity contribution in [3.63, 3.8) is 0 Å². The summed E-state index contributed by atoms with van der Waals surface area (Å²) in [5.41, 5.74) is 0. The zero-order valence-corrected chi connectivity index (χ0v) is 11.4. The molecule has 0 saturated heterocycles. The molecule has 0 spiro atoms. The summed E-state index contributed by atoms with van der Waals surface area (Å²) in [5.74, 6) is -4.27. The average molecular weight is 295 g/mol.